The van der Waals surface area contributed by atoms with Crippen LogP contribution in [0, 0.1) is 13.8 Å². The van der Waals surface area contributed by atoms with E-state index in [0.29, 0.717) is 59.4 Å². The number of fused-ring (bicyclic) bond motifs is 2. The van der Waals surface area contributed by atoms with Crippen LogP contribution in [0.5, 0.6) is 23.0 Å². The third kappa shape index (κ3) is 1.81. The van der Waals surface area contributed by atoms with Crippen LogP contribution >= 0.6 is 0 Å². The third-order valence-electron chi connectivity index (χ3n) is 8.05. The van der Waals surface area contributed by atoms with Crippen molar-refractivity contribution in [1.82, 2.24) is 0 Å². The van der Waals surface area contributed by atoms with Crippen molar-refractivity contribution in [3.63, 3.8) is 0 Å². The minimum Gasteiger partial charge on any atom is -0.507 e. The van der Waals surface area contributed by atoms with Crippen LogP contribution in [0.4, 0.5) is 0 Å². The predicted molar refractivity (Wildman–Crippen MR) is 142 cm³/mol. The molecule has 6 heteroatoms. The number of benzene rings is 8. The molecule has 0 unspecified atom stereocenters. The van der Waals surface area contributed by atoms with Gasteiger partial charge >= 0.3 is 0 Å². The Kier molecular flexibility index (Phi) is 3.07. The number of phenols is 4. The van der Waals surface area contributed by atoms with E-state index in [2.05, 4.69) is 0 Å². The Hall–Kier alpha value is -4.84. The summed E-state index contributed by atoms with van der Waals surface area (Å²) in [7, 11) is 0. The molecular weight excluding hydrogens is 456 g/mol. The Morgan fingerprint density at radius 1 is 0.444 bits per heavy atom. The summed E-state index contributed by atoms with van der Waals surface area (Å²) in [6, 6.07) is 9.40. The number of rotatable bonds is 0. The molecule has 0 saturated heterocycles. The van der Waals surface area contributed by atoms with Crippen LogP contribution in [0.25, 0.3) is 75.4 Å². The number of aryl methyl sites for hydroxylation is 2. The molecule has 4 N–H and O–H groups in total. The molecule has 0 fully saturated rings. The van der Waals surface area contributed by atoms with Gasteiger partial charge in [-0.25, -0.2) is 0 Å². The Labute approximate surface area is 200 Å². The first-order valence-electron chi connectivity index (χ1n) is 11.5. The van der Waals surface area contributed by atoms with Gasteiger partial charge in [0.2, 0.25) is 5.43 Å². The monoisotopic (exact) mass is 472 g/mol. The average molecular weight is 472 g/mol. The summed E-state index contributed by atoms with van der Waals surface area (Å²) in [4.78, 5) is 27.7. The van der Waals surface area contributed by atoms with Gasteiger partial charge in [-0.1, -0.05) is 18.2 Å². The van der Waals surface area contributed by atoms with E-state index >= 15 is 0 Å². The lowest BCUT2D eigenvalue weighted by atomic mass is 9.78. The van der Waals surface area contributed by atoms with Gasteiger partial charge in [-0.3, -0.25) is 9.59 Å². The maximum absolute atomic E-state index is 13.9. The fourth-order valence-corrected chi connectivity index (χ4v) is 6.84. The first-order chi connectivity index (χ1) is 17.2. The molecule has 36 heavy (non-hydrogen) atoms. The van der Waals surface area contributed by atoms with Crippen LogP contribution in [0.3, 0.4) is 0 Å². The third-order valence-corrected chi connectivity index (χ3v) is 8.05. The Bertz CT molecular complexity index is 2400. The fourth-order valence-electron chi connectivity index (χ4n) is 6.84. The fraction of sp³-hybridized carbons (Fsp3) is 0.0667. The van der Waals surface area contributed by atoms with E-state index in [0.717, 1.165) is 17.0 Å². The topological polar surface area (TPSA) is 115 Å². The highest BCUT2D eigenvalue weighted by molar-refractivity contribution is 6.50. The van der Waals surface area contributed by atoms with Gasteiger partial charge in [0, 0.05) is 49.2 Å². The molecule has 0 atom stereocenters. The van der Waals surface area contributed by atoms with Crippen molar-refractivity contribution >= 4 is 75.4 Å². The summed E-state index contributed by atoms with van der Waals surface area (Å²) in [5.74, 6) is -0.926. The van der Waals surface area contributed by atoms with E-state index in [-0.39, 0.29) is 44.6 Å². The van der Waals surface area contributed by atoms with Gasteiger partial charge in [0.15, 0.2) is 5.43 Å². The molecule has 0 heterocycles. The first-order valence-corrected chi connectivity index (χ1v) is 11.5. The molecule has 0 aliphatic carbocycles. The van der Waals surface area contributed by atoms with Gasteiger partial charge in [0.05, 0.1) is 16.2 Å². The van der Waals surface area contributed by atoms with Crippen molar-refractivity contribution in [2.24, 2.45) is 0 Å². The van der Waals surface area contributed by atoms with Crippen molar-refractivity contribution in [2.45, 2.75) is 13.8 Å². The molecule has 0 saturated carbocycles. The van der Waals surface area contributed by atoms with E-state index in [1.165, 1.54) is 6.07 Å². The van der Waals surface area contributed by atoms with E-state index in [1.54, 1.807) is 24.3 Å². The van der Waals surface area contributed by atoms with Gasteiger partial charge < -0.3 is 20.4 Å². The maximum Gasteiger partial charge on any atom is 0.201 e. The van der Waals surface area contributed by atoms with Crippen LogP contribution in [-0.2, 0) is 0 Å². The molecule has 6 nitrogen and oxygen atoms in total. The molecule has 8 aromatic carbocycles. The average Bonchev–Trinajstić information content (AvgIpc) is 2.81. The Morgan fingerprint density at radius 3 is 1.47 bits per heavy atom. The van der Waals surface area contributed by atoms with Gasteiger partial charge in [0.25, 0.3) is 0 Å². The second kappa shape index (κ2) is 5.69. The molecule has 0 aromatic heterocycles. The zero-order valence-electron chi connectivity index (χ0n) is 19.1. The highest BCUT2D eigenvalue weighted by Gasteiger charge is 2.30. The summed E-state index contributed by atoms with van der Waals surface area (Å²) in [5, 5.41) is 50.3. The lowest BCUT2D eigenvalue weighted by Gasteiger charge is -2.24. The molecule has 8 rings (SSSR count). The van der Waals surface area contributed by atoms with Crippen LogP contribution < -0.4 is 10.9 Å². The molecular formula is C30H16O6. The smallest absolute Gasteiger partial charge is 0.201 e. The lowest BCUT2D eigenvalue weighted by molar-refractivity contribution is 0.459. The molecule has 8 aromatic rings. The largest absolute Gasteiger partial charge is 0.507 e. The van der Waals surface area contributed by atoms with Crippen molar-refractivity contribution in [3.8, 4) is 23.0 Å². The highest BCUT2D eigenvalue weighted by Crippen LogP contribution is 2.54. The number of hydrogen-bond acceptors (Lipinski definition) is 6. The zero-order valence-corrected chi connectivity index (χ0v) is 19.1. The Morgan fingerprint density at radius 2 is 0.861 bits per heavy atom. The summed E-state index contributed by atoms with van der Waals surface area (Å²) in [6.07, 6.45) is 0. The summed E-state index contributed by atoms with van der Waals surface area (Å²) >= 11 is 0. The summed E-state index contributed by atoms with van der Waals surface area (Å²) in [5.41, 5.74) is 0.575. The van der Waals surface area contributed by atoms with E-state index in [9.17, 15) is 30.0 Å². The van der Waals surface area contributed by atoms with Crippen molar-refractivity contribution in [2.75, 3.05) is 0 Å². The van der Waals surface area contributed by atoms with Gasteiger partial charge in [0.1, 0.15) is 23.0 Å². The van der Waals surface area contributed by atoms with Crippen LogP contribution in [0.15, 0.2) is 46.0 Å². The van der Waals surface area contributed by atoms with E-state index < -0.39 is 5.43 Å². The SMILES string of the molecule is Cc1cc(O)c2c(=O)c3cccc4c5c(O)cc(O)c6c(=O)c7c(O)cc(C)c8c1c2c(c34)c(c65)c78. The van der Waals surface area contributed by atoms with Crippen molar-refractivity contribution in [3.05, 3.63) is 68.0 Å². The lowest BCUT2D eigenvalue weighted by Crippen LogP contribution is -2.10. The molecule has 0 aliphatic rings. The maximum atomic E-state index is 13.9. The number of phenolic OH excluding ortho intramolecular Hbond substituents is 4. The van der Waals surface area contributed by atoms with Crippen molar-refractivity contribution < 1.29 is 20.4 Å². The normalized spacial score (nSPS) is 12.8. The molecule has 0 aliphatic heterocycles. The summed E-state index contributed by atoms with van der Waals surface area (Å²) in [6.45, 7) is 3.67. The predicted octanol–water partition coefficient (Wildman–Crippen LogP) is 5.67. The van der Waals surface area contributed by atoms with Gasteiger partial charge in [-0.15, -0.1) is 0 Å². The second-order valence-corrected chi connectivity index (χ2v) is 9.85. The highest BCUT2D eigenvalue weighted by atomic mass is 16.3. The quantitative estimate of drug-likeness (QED) is 0.167. The van der Waals surface area contributed by atoms with Crippen molar-refractivity contribution in [1.29, 1.82) is 0 Å². The van der Waals surface area contributed by atoms with Gasteiger partial charge in [-0.05, 0) is 53.3 Å². The van der Waals surface area contributed by atoms with Crippen LogP contribution in [-0.4, -0.2) is 20.4 Å². The first kappa shape index (κ1) is 19.5. The van der Waals surface area contributed by atoms with E-state index in [4.69, 9.17) is 0 Å². The molecule has 0 radical (unpaired) electrons. The standard InChI is InChI=1S/C30H16O6/c1-9-6-13(31)21-24-17(9)18-10(2)7-14(32)22-25(18)28-26(24)19-11(4-3-5-12(19)29(21)35)20-15(33)8-16(34)23(27(20)28)30(22)36/h3-8,31-34H,1-2H3. The summed E-state index contributed by atoms with van der Waals surface area (Å²) < 4.78 is 0. The Balaban J connectivity index is 2.03. The van der Waals surface area contributed by atoms with Crippen LogP contribution in [0.1, 0.15) is 11.1 Å². The molecule has 172 valence electrons. The molecule has 0 amide bonds. The van der Waals surface area contributed by atoms with E-state index in [1.807, 2.05) is 13.8 Å². The number of hydrogen-bond donors (Lipinski definition) is 4. The minimum atomic E-state index is -0.534. The molecule has 0 bridgehead atoms. The van der Waals surface area contributed by atoms with Gasteiger partial charge in [-0.2, -0.15) is 0 Å². The second-order valence-electron chi connectivity index (χ2n) is 9.85. The minimum absolute atomic E-state index is 0.00210. The number of aromatic hydroxyl groups is 4. The van der Waals surface area contributed by atoms with Crippen LogP contribution in [0.2, 0.25) is 0 Å². The molecule has 0 spiro atoms. The zero-order chi connectivity index (χ0) is 24.9.